The summed E-state index contributed by atoms with van der Waals surface area (Å²) in [4.78, 5) is 11.0. The zero-order chi connectivity index (χ0) is 10.0. The van der Waals surface area contributed by atoms with Crippen LogP contribution in [0.4, 0.5) is 0 Å². The molecule has 0 spiro atoms. The third-order valence-electron chi connectivity index (χ3n) is 1.46. The first-order valence-electron chi connectivity index (χ1n) is 3.34. The standard InChI is InChI=1S/C7H8O5S/c1-4-5(7(8)11-2)3-6(12-4)13(9)10/h3H,1-2H3,(H,9,10)/p-1. The number of hydrogen-bond donors (Lipinski definition) is 0. The Hall–Kier alpha value is -1.14. The minimum absolute atomic E-state index is 0.127. The lowest BCUT2D eigenvalue weighted by molar-refractivity contribution is 0.0599. The van der Waals surface area contributed by atoms with Crippen molar-refractivity contribution in [1.29, 1.82) is 0 Å². The molecule has 72 valence electrons. The topological polar surface area (TPSA) is 79.6 Å². The van der Waals surface area contributed by atoms with E-state index in [1.807, 2.05) is 0 Å². The van der Waals surface area contributed by atoms with Crippen LogP contribution >= 0.6 is 0 Å². The Labute approximate surface area is 77.0 Å². The summed E-state index contributed by atoms with van der Waals surface area (Å²) in [7, 11) is 1.21. The fourth-order valence-corrected chi connectivity index (χ4v) is 1.26. The largest absolute Gasteiger partial charge is 0.766 e. The van der Waals surface area contributed by atoms with Crippen LogP contribution in [0.1, 0.15) is 16.1 Å². The molecule has 0 radical (unpaired) electrons. The van der Waals surface area contributed by atoms with Gasteiger partial charge in [-0.05, 0) is 6.92 Å². The van der Waals surface area contributed by atoms with Crippen molar-refractivity contribution in [2.24, 2.45) is 0 Å². The van der Waals surface area contributed by atoms with Crippen LogP contribution in [0.25, 0.3) is 0 Å². The normalized spacial score (nSPS) is 12.5. The van der Waals surface area contributed by atoms with Crippen molar-refractivity contribution in [3.05, 3.63) is 17.4 Å². The van der Waals surface area contributed by atoms with E-state index in [-0.39, 0.29) is 16.4 Å². The number of esters is 1. The van der Waals surface area contributed by atoms with Crippen molar-refractivity contribution in [2.75, 3.05) is 7.11 Å². The van der Waals surface area contributed by atoms with Gasteiger partial charge in [-0.3, -0.25) is 4.21 Å². The fourth-order valence-electron chi connectivity index (χ4n) is 0.850. The molecular weight excluding hydrogens is 196 g/mol. The first-order valence-corrected chi connectivity index (χ1v) is 4.41. The first-order chi connectivity index (χ1) is 6.06. The second-order valence-corrected chi connectivity index (χ2v) is 3.13. The van der Waals surface area contributed by atoms with E-state index >= 15 is 0 Å². The van der Waals surface area contributed by atoms with Crippen molar-refractivity contribution >= 4 is 17.0 Å². The fraction of sp³-hybridized carbons (Fsp3) is 0.286. The number of rotatable bonds is 2. The van der Waals surface area contributed by atoms with Gasteiger partial charge in [0.15, 0.2) is 5.09 Å². The molecule has 0 aromatic carbocycles. The molecule has 0 aliphatic carbocycles. The van der Waals surface area contributed by atoms with Crippen LogP contribution in [-0.2, 0) is 15.8 Å². The van der Waals surface area contributed by atoms with E-state index in [4.69, 9.17) is 4.42 Å². The SMILES string of the molecule is COC(=O)c1cc(S(=O)[O-])oc1C. The Morgan fingerprint density at radius 3 is 2.69 bits per heavy atom. The van der Waals surface area contributed by atoms with Crippen molar-refractivity contribution < 1.29 is 22.7 Å². The zero-order valence-corrected chi connectivity index (χ0v) is 7.84. The van der Waals surface area contributed by atoms with Crippen LogP contribution in [-0.4, -0.2) is 21.8 Å². The van der Waals surface area contributed by atoms with Crippen LogP contribution in [0.2, 0.25) is 0 Å². The Bertz CT molecular complexity index is 354. The highest BCUT2D eigenvalue weighted by Crippen LogP contribution is 2.17. The lowest BCUT2D eigenvalue weighted by Crippen LogP contribution is -2.00. The third kappa shape index (κ3) is 1.96. The number of aryl methyl sites for hydroxylation is 1. The van der Waals surface area contributed by atoms with E-state index in [1.54, 1.807) is 0 Å². The molecule has 0 aliphatic rings. The van der Waals surface area contributed by atoms with Crippen molar-refractivity contribution in [1.82, 2.24) is 0 Å². The van der Waals surface area contributed by atoms with E-state index in [1.165, 1.54) is 14.0 Å². The van der Waals surface area contributed by atoms with Gasteiger partial charge in [0.2, 0.25) is 0 Å². The predicted octanol–water partition coefficient (Wildman–Crippen LogP) is 0.613. The number of carbonyl (C=O) groups excluding carboxylic acids is 1. The molecule has 6 heteroatoms. The molecule has 1 unspecified atom stereocenters. The molecule has 1 aromatic heterocycles. The second-order valence-electron chi connectivity index (χ2n) is 2.26. The maximum atomic E-state index is 11.0. The molecule has 0 fully saturated rings. The maximum absolute atomic E-state index is 11.0. The van der Waals surface area contributed by atoms with E-state index in [0.717, 1.165) is 6.07 Å². The minimum Gasteiger partial charge on any atom is -0.766 e. The van der Waals surface area contributed by atoms with Gasteiger partial charge in [-0.2, -0.15) is 0 Å². The molecule has 0 saturated carbocycles. The Kier molecular flexibility index (Phi) is 2.84. The van der Waals surface area contributed by atoms with Crippen LogP contribution in [0.3, 0.4) is 0 Å². The van der Waals surface area contributed by atoms with Crippen molar-refractivity contribution in [3.8, 4) is 0 Å². The first kappa shape index (κ1) is 9.94. The van der Waals surface area contributed by atoms with E-state index in [2.05, 4.69) is 4.74 Å². The number of hydrogen-bond acceptors (Lipinski definition) is 5. The van der Waals surface area contributed by atoms with Crippen molar-refractivity contribution in [3.63, 3.8) is 0 Å². The summed E-state index contributed by atoms with van der Waals surface area (Å²) < 4.78 is 30.1. The van der Waals surface area contributed by atoms with E-state index in [9.17, 15) is 13.6 Å². The molecule has 1 aromatic rings. The summed E-state index contributed by atoms with van der Waals surface area (Å²) in [5, 5.41) is -0.266. The van der Waals surface area contributed by atoms with Gasteiger partial charge in [0.1, 0.15) is 11.3 Å². The predicted molar refractivity (Wildman–Crippen MR) is 42.0 cm³/mol. The molecule has 1 rings (SSSR count). The molecular formula is C7H7O5S-. The highest BCUT2D eigenvalue weighted by atomic mass is 32.2. The molecule has 0 N–H and O–H groups in total. The summed E-state index contributed by atoms with van der Waals surface area (Å²) in [5.41, 5.74) is 0.127. The summed E-state index contributed by atoms with van der Waals surface area (Å²) in [6, 6.07) is 1.13. The summed E-state index contributed by atoms with van der Waals surface area (Å²) >= 11 is -2.46. The average Bonchev–Trinajstić information content (AvgIpc) is 2.46. The smallest absolute Gasteiger partial charge is 0.341 e. The monoisotopic (exact) mass is 203 g/mol. The third-order valence-corrected chi connectivity index (χ3v) is 1.99. The van der Waals surface area contributed by atoms with Gasteiger partial charge in [-0.25, -0.2) is 4.79 Å². The highest BCUT2D eigenvalue weighted by Gasteiger charge is 2.15. The molecule has 0 aliphatic heterocycles. The quantitative estimate of drug-likeness (QED) is 0.519. The average molecular weight is 203 g/mol. The maximum Gasteiger partial charge on any atom is 0.341 e. The molecule has 0 saturated heterocycles. The zero-order valence-electron chi connectivity index (χ0n) is 7.03. The lowest BCUT2D eigenvalue weighted by atomic mass is 10.3. The van der Waals surface area contributed by atoms with Gasteiger partial charge in [0.25, 0.3) is 0 Å². The molecule has 1 heterocycles. The van der Waals surface area contributed by atoms with Gasteiger partial charge in [0, 0.05) is 17.1 Å². The van der Waals surface area contributed by atoms with Crippen LogP contribution in [0.5, 0.6) is 0 Å². The lowest BCUT2D eigenvalue weighted by Gasteiger charge is -1.96. The Morgan fingerprint density at radius 1 is 1.69 bits per heavy atom. The van der Waals surface area contributed by atoms with Crippen molar-refractivity contribution in [2.45, 2.75) is 12.0 Å². The van der Waals surface area contributed by atoms with Crippen LogP contribution in [0, 0.1) is 6.92 Å². The number of carbonyl (C=O) groups is 1. The summed E-state index contributed by atoms with van der Waals surface area (Å²) in [6.45, 7) is 1.49. The molecule has 5 nitrogen and oxygen atoms in total. The highest BCUT2D eigenvalue weighted by molar-refractivity contribution is 7.79. The minimum atomic E-state index is -2.46. The molecule has 0 amide bonds. The van der Waals surface area contributed by atoms with Gasteiger partial charge >= 0.3 is 5.97 Å². The van der Waals surface area contributed by atoms with E-state index < -0.39 is 17.0 Å². The van der Waals surface area contributed by atoms with Crippen LogP contribution < -0.4 is 0 Å². The Morgan fingerprint density at radius 2 is 2.31 bits per heavy atom. The number of furan rings is 1. The summed E-state index contributed by atoms with van der Waals surface area (Å²) in [6.07, 6.45) is 0. The van der Waals surface area contributed by atoms with Gasteiger partial charge in [0.05, 0.1) is 7.11 Å². The molecule has 0 bridgehead atoms. The molecule has 1 atom stereocenters. The van der Waals surface area contributed by atoms with Gasteiger partial charge < -0.3 is 13.7 Å². The second kappa shape index (κ2) is 3.71. The van der Waals surface area contributed by atoms with Gasteiger partial charge in [-0.1, -0.05) is 0 Å². The number of ether oxygens (including phenoxy) is 1. The van der Waals surface area contributed by atoms with Gasteiger partial charge in [-0.15, -0.1) is 0 Å². The molecule has 13 heavy (non-hydrogen) atoms. The van der Waals surface area contributed by atoms with Crippen LogP contribution in [0.15, 0.2) is 15.6 Å². The Balaban J connectivity index is 3.10. The number of methoxy groups -OCH3 is 1. The van der Waals surface area contributed by atoms with E-state index in [0.29, 0.717) is 0 Å². The summed E-state index contributed by atoms with van der Waals surface area (Å²) in [5.74, 6) is -0.385.